The Bertz CT molecular complexity index is 921. The van der Waals surface area contributed by atoms with Crippen LogP contribution in [0.25, 0.3) is 10.2 Å². The maximum atomic E-state index is 12.4. The Hall–Kier alpha value is -2.94. The van der Waals surface area contributed by atoms with Gasteiger partial charge in [0, 0.05) is 45.0 Å². The number of hydrogen-bond acceptors (Lipinski definition) is 7. The number of fused-ring (bicyclic) bond motifs is 1. The third kappa shape index (κ3) is 3.77. The molecule has 0 saturated carbocycles. The standard InChI is InChI=1S/C18H20N6O2S/c1-26-15-3-2-13(10-19-15)11-20-18(25)24-7-5-23(6-8-24)16-14-4-9-27-17(14)22-12-21-16/h2-4,9-10,12H,5-8,11H2,1H3,(H,20,25). The minimum atomic E-state index is -0.0613. The van der Waals surface area contributed by atoms with E-state index in [0.717, 1.165) is 34.7 Å². The molecule has 0 atom stereocenters. The number of anilines is 1. The molecular weight excluding hydrogens is 364 g/mol. The highest BCUT2D eigenvalue weighted by atomic mass is 32.1. The first kappa shape index (κ1) is 17.5. The SMILES string of the molecule is COc1ccc(CNC(=O)N2CCN(c3ncnc4sccc34)CC2)cn1. The molecule has 3 aromatic rings. The predicted octanol–water partition coefficient (Wildman–Crippen LogP) is 2.13. The second kappa shape index (κ2) is 7.75. The van der Waals surface area contributed by atoms with E-state index < -0.39 is 0 Å². The summed E-state index contributed by atoms with van der Waals surface area (Å²) in [5.41, 5.74) is 0.934. The van der Waals surface area contributed by atoms with Crippen LogP contribution in [0.2, 0.25) is 0 Å². The quantitative estimate of drug-likeness (QED) is 0.742. The largest absolute Gasteiger partial charge is 0.481 e. The lowest BCUT2D eigenvalue weighted by Gasteiger charge is -2.35. The molecule has 0 bridgehead atoms. The van der Waals surface area contributed by atoms with Gasteiger partial charge in [0.05, 0.1) is 12.5 Å². The van der Waals surface area contributed by atoms with Crippen molar-refractivity contribution < 1.29 is 9.53 Å². The number of urea groups is 1. The van der Waals surface area contributed by atoms with Gasteiger partial charge in [-0.2, -0.15) is 0 Å². The smallest absolute Gasteiger partial charge is 0.317 e. The van der Waals surface area contributed by atoms with E-state index in [2.05, 4.69) is 31.2 Å². The molecule has 140 valence electrons. The first-order valence-electron chi connectivity index (χ1n) is 8.69. The number of ether oxygens (including phenoxy) is 1. The Balaban J connectivity index is 1.32. The van der Waals surface area contributed by atoms with Crippen molar-refractivity contribution in [2.45, 2.75) is 6.54 Å². The van der Waals surface area contributed by atoms with Crippen molar-refractivity contribution in [1.29, 1.82) is 0 Å². The second-order valence-corrected chi connectivity index (χ2v) is 7.07. The minimum absolute atomic E-state index is 0.0613. The molecule has 2 amide bonds. The Morgan fingerprint density at radius 2 is 2.04 bits per heavy atom. The summed E-state index contributed by atoms with van der Waals surface area (Å²) in [6.45, 7) is 3.25. The summed E-state index contributed by atoms with van der Waals surface area (Å²) < 4.78 is 5.04. The van der Waals surface area contributed by atoms with Crippen molar-refractivity contribution in [2.24, 2.45) is 0 Å². The maximum Gasteiger partial charge on any atom is 0.317 e. The van der Waals surface area contributed by atoms with E-state index in [9.17, 15) is 4.79 Å². The van der Waals surface area contributed by atoms with Crippen LogP contribution in [-0.4, -0.2) is 59.2 Å². The monoisotopic (exact) mass is 384 g/mol. The Morgan fingerprint density at radius 1 is 1.19 bits per heavy atom. The van der Waals surface area contributed by atoms with Gasteiger partial charge in [0.25, 0.3) is 0 Å². The number of nitrogens with one attached hydrogen (secondary N) is 1. The number of thiophene rings is 1. The Labute approximate surface area is 160 Å². The summed E-state index contributed by atoms with van der Waals surface area (Å²) in [4.78, 5) is 30.4. The molecule has 0 aromatic carbocycles. The van der Waals surface area contributed by atoms with Crippen molar-refractivity contribution in [3.05, 3.63) is 41.7 Å². The molecule has 27 heavy (non-hydrogen) atoms. The first-order chi connectivity index (χ1) is 13.2. The lowest BCUT2D eigenvalue weighted by molar-refractivity contribution is 0.194. The van der Waals surface area contributed by atoms with E-state index in [0.29, 0.717) is 25.5 Å². The molecule has 9 heteroatoms. The molecule has 8 nitrogen and oxygen atoms in total. The van der Waals surface area contributed by atoms with Crippen LogP contribution in [0.4, 0.5) is 10.6 Å². The van der Waals surface area contributed by atoms with Crippen molar-refractivity contribution >= 4 is 33.4 Å². The molecule has 1 N–H and O–H groups in total. The molecule has 1 aliphatic rings. The Morgan fingerprint density at radius 3 is 2.78 bits per heavy atom. The molecule has 1 saturated heterocycles. The third-order valence-corrected chi connectivity index (χ3v) is 5.38. The molecule has 3 aromatic heterocycles. The summed E-state index contributed by atoms with van der Waals surface area (Å²) in [6, 6.07) is 5.67. The fourth-order valence-corrected chi connectivity index (χ4v) is 3.80. The number of carbonyl (C=O) groups is 1. The van der Waals surface area contributed by atoms with E-state index in [1.165, 1.54) is 0 Å². The summed E-state index contributed by atoms with van der Waals surface area (Å²) in [7, 11) is 1.58. The highest BCUT2D eigenvalue weighted by Gasteiger charge is 2.23. The third-order valence-electron chi connectivity index (χ3n) is 4.56. The number of nitrogens with zero attached hydrogens (tertiary/aromatic N) is 5. The number of amides is 2. The molecular formula is C18H20N6O2S. The number of piperazine rings is 1. The molecule has 4 heterocycles. The van der Waals surface area contributed by atoms with E-state index in [1.807, 2.05) is 16.3 Å². The zero-order chi connectivity index (χ0) is 18.6. The van der Waals surface area contributed by atoms with Crippen molar-refractivity contribution in [1.82, 2.24) is 25.2 Å². The normalized spacial score (nSPS) is 14.4. The van der Waals surface area contributed by atoms with Gasteiger partial charge in [-0.1, -0.05) is 6.07 Å². The molecule has 0 unspecified atom stereocenters. The lowest BCUT2D eigenvalue weighted by Crippen LogP contribution is -2.52. The highest BCUT2D eigenvalue weighted by molar-refractivity contribution is 7.16. The van der Waals surface area contributed by atoms with Crippen molar-refractivity contribution in [3.63, 3.8) is 0 Å². The summed E-state index contributed by atoms with van der Waals surface area (Å²) >= 11 is 1.61. The zero-order valence-corrected chi connectivity index (χ0v) is 15.8. The predicted molar refractivity (Wildman–Crippen MR) is 104 cm³/mol. The molecule has 1 aliphatic heterocycles. The van der Waals surface area contributed by atoms with Crippen LogP contribution in [0, 0.1) is 0 Å². The van der Waals surface area contributed by atoms with Crippen LogP contribution < -0.4 is 15.0 Å². The number of carbonyl (C=O) groups excluding carboxylic acids is 1. The van der Waals surface area contributed by atoms with Gasteiger partial charge in [-0.25, -0.2) is 19.7 Å². The lowest BCUT2D eigenvalue weighted by atomic mass is 10.2. The van der Waals surface area contributed by atoms with Crippen LogP contribution >= 0.6 is 11.3 Å². The van der Waals surface area contributed by atoms with E-state index in [-0.39, 0.29) is 6.03 Å². The van der Waals surface area contributed by atoms with Gasteiger partial charge in [-0.15, -0.1) is 11.3 Å². The maximum absolute atomic E-state index is 12.4. The van der Waals surface area contributed by atoms with E-state index in [1.54, 1.807) is 37.0 Å². The van der Waals surface area contributed by atoms with Crippen LogP contribution in [-0.2, 0) is 6.54 Å². The molecule has 4 rings (SSSR count). The van der Waals surface area contributed by atoms with Gasteiger partial charge in [-0.05, 0) is 17.0 Å². The van der Waals surface area contributed by atoms with Crippen molar-refractivity contribution in [3.8, 4) is 5.88 Å². The zero-order valence-electron chi connectivity index (χ0n) is 15.0. The Kier molecular flexibility index (Phi) is 5.01. The minimum Gasteiger partial charge on any atom is -0.481 e. The molecule has 1 fully saturated rings. The number of pyridine rings is 1. The van der Waals surface area contributed by atoms with Gasteiger partial charge in [0.2, 0.25) is 5.88 Å². The van der Waals surface area contributed by atoms with Crippen LogP contribution in [0.5, 0.6) is 5.88 Å². The van der Waals surface area contributed by atoms with Gasteiger partial charge < -0.3 is 19.9 Å². The summed E-state index contributed by atoms with van der Waals surface area (Å²) in [6.07, 6.45) is 3.31. The molecule has 0 radical (unpaired) electrons. The second-order valence-electron chi connectivity index (χ2n) is 6.18. The topological polar surface area (TPSA) is 83.5 Å². The molecule has 0 spiro atoms. The summed E-state index contributed by atoms with van der Waals surface area (Å²) in [5, 5.41) is 6.05. The van der Waals surface area contributed by atoms with Gasteiger partial charge in [0.1, 0.15) is 17.0 Å². The fourth-order valence-electron chi connectivity index (χ4n) is 3.08. The number of methoxy groups -OCH3 is 1. The number of rotatable bonds is 4. The van der Waals surface area contributed by atoms with Gasteiger partial charge >= 0.3 is 6.03 Å². The van der Waals surface area contributed by atoms with Crippen LogP contribution in [0.3, 0.4) is 0 Å². The molecule has 0 aliphatic carbocycles. The first-order valence-corrected chi connectivity index (χ1v) is 9.57. The highest BCUT2D eigenvalue weighted by Crippen LogP contribution is 2.27. The van der Waals surface area contributed by atoms with Gasteiger partial charge in [-0.3, -0.25) is 0 Å². The van der Waals surface area contributed by atoms with Gasteiger partial charge in [0.15, 0.2) is 0 Å². The number of hydrogen-bond donors (Lipinski definition) is 1. The van der Waals surface area contributed by atoms with E-state index >= 15 is 0 Å². The van der Waals surface area contributed by atoms with Crippen molar-refractivity contribution in [2.75, 3.05) is 38.2 Å². The van der Waals surface area contributed by atoms with Crippen LogP contribution in [0.1, 0.15) is 5.56 Å². The fraction of sp³-hybridized carbons (Fsp3) is 0.333. The summed E-state index contributed by atoms with van der Waals surface area (Å²) in [5.74, 6) is 1.51. The van der Waals surface area contributed by atoms with E-state index in [4.69, 9.17) is 4.74 Å². The average Bonchev–Trinajstić information content (AvgIpc) is 3.21. The average molecular weight is 384 g/mol. The number of aromatic nitrogens is 3. The van der Waals surface area contributed by atoms with Crippen LogP contribution in [0.15, 0.2) is 36.1 Å².